The van der Waals surface area contributed by atoms with Gasteiger partial charge in [0.05, 0.1) is 4.92 Å². The fraction of sp³-hybridized carbons (Fsp3) is 0.500. The van der Waals surface area contributed by atoms with Gasteiger partial charge < -0.3 is 9.64 Å². The normalized spacial score (nSPS) is 15.5. The highest BCUT2D eigenvalue weighted by Gasteiger charge is 2.35. The summed E-state index contributed by atoms with van der Waals surface area (Å²) in [7, 11) is 0. The number of nitro benzene ring substituents is 1. The van der Waals surface area contributed by atoms with Crippen LogP contribution in [0.4, 0.5) is 14.9 Å². The Morgan fingerprint density at radius 1 is 1.43 bits per heavy atom. The number of nitrogens with zero attached hydrogens (tertiary/aromatic N) is 2. The topological polar surface area (TPSA) is 72.7 Å². The number of halogens is 1. The molecule has 2 rings (SSSR count). The molecule has 1 aromatic rings. The standard InChI is InChI=1S/C14H17FN2O4/c1-14(2,3)21-13(18)16-7-10(8-16)9-4-5-12(17(19)20)11(15)6-9/h4-6,10H,7-8H2,1-3H3. The van der Waals surface area contributed by atoms with Crippen LogP contribution in [0.5, 0.6) is 0 Å². The third-order valence-corrected chi connectivity index (χ3v) is 3.17. The van der Waals surface area contributed by atoms with Gasteiger partial charge in [-0.1, -0.05) is 6.07 Å². The van der Waals surface area contributed by atoms with Gasteiger partial charge in [-0.3, -0.25) is 10.1 Å². The minimum atomic E-state index is -0.854. The van der Waals surface area contributed by atoms with Crippen molar-refractivity contribution in [1.82, 2.24) is 4.90 Å². The SMILES string of the molecule is CC(C)(C)OC(=O)N1CC(c2ccc([N+](=O)[O-])c(F)c2)C1. The van der Waals surface area contributed by atoms with E-state index in [9.17, 15) is 19.3 Å². The molecule has 1 fully saturated rings. The molecule has 0 radical (unpaired) electrons. The van der Waals surface area contributed by atoms with Crippen LogP contribution in [0.1, 0.15) is 32.3 Å². The Kier molecular flexibility index (Phi) is 3.85. The quantitative estimate of drug-likeness (QED) is 0.621. The molecule has 0 atom stereocenters. The minimum Gasteiger partial charge on any atom is -0.444 e. The molecule has 21 heavy (non-hydrogen) atoms. The molecule has 0 spiro atoms. The Morgan fingerprint density at radius 2 is 2.05 bits per heavy atom. The van der Waals surface area contributed by atoms with Crippen LogP contribution in [0.2, 0.25) is 0 Å². The zero-order chi connectivity index (χ0) is 15.8. The number of carbonyl (C=O) groups excluding carboxylic acids is 1. The lowest BCUT2D eigenvalue weighted by Gasteiger charge is -2.40. The van der Waals surface area contributed by atoms with Gasteiger partial charge >= 0.3 is 11.8 Å². The van der Waals surface area contributed by atoms with Crippen LogP contribution in [0.3, 0.4) is 0 Å². The van der Waals surface area contributed by atoms with E-state index < -0.39 is 28.1 Å². The lowest BCUT2D eigenvalue weighted by atomic mass is 9.91. The lowest BCUT2D eigenvalue weighted by molar-refractivity contribution is -0.387. The molecule has 1 aliphatic rings. The largest absolute Gasteiger partial charge is 0.444 e. The maximum absolute atomic E-state index is 13.6. The first-order chi connectivity index (χ1) is 9.67. The highest BCUT2D eigenvalue weighted by atomic mass is 19.1. The third-order valence-electron chi connectivity index (χ3n) is 3.17. The molecular weight excluding hydrogens is 279 g/mol. The number of likely N-dealkylation sites (tertiary alicyclic amines) is 1. The van der Waals surface area contributed by atoms with Crippen LogP contribution in [-0.4, -0.2) is 34.6 Å². The fourth-order valence-corrected chi connectivity index (χ4v) is 2.09. The number of hydrogen-bond acceptors (Lipinski definition) is 4. The van der Waals surface area contributed by atoms with Crippen molar-refractivity contribution >= 4 is 11.8 Å². The van der Waals surface area contributed by atoms with Crippen molar-refractivity contribution in [1.29, 1.82) is 0 Å². The fourth-order valence-electron chi connectivity index (χ4n) is 2.09. The first-order valence-corrected chi connectivity index (χ1v) is 6.59. The molecule has 0 aliphatic carbocycles. The summed E-state index contributed by atoms with van der Waals surface area (Å²) in [6.07, 6.45) is -0.402. The van der Waals surface area contributed by atoms with E-state index in [0.29, 0.717) is 18.7 Å². The Balaban J connectivity index is 1.97. The van der Waals surface area contributed by atoms with Gasteiger partial charge in [-0.15, -0.1) is 0 Å². The summed E-state index contributed by atoms with van der Waals surface area (Å²) in [5.41, 5.74) is -0.443. The summed E-state index contributed by atoms with van der Waals surface area (Å²) in [5, 5.41) is 10.6. The van der Waals surface area contributed by atoms with Crippen molar-refractivity contribution in [3.63, 3.8) is 0 Å². The third kappa shape index (κ3) is 3.48. The molecular formula is C14H17FN2O4. The van der Waals surface area contributed by atoms with Gasteiger partial charge in [0.25, 0.3) is 0 Å². The van der Waals surface area contributed by atoms with Crippen molar-refractivity contribution in [3.05, 3.63) is 39.7 Å². The minimum absolute atomic E-state index is 0.0205. The summed E-state index contributed by atoms with van der Waals surface area (Å²) in [6, 6.07) is 3.84. The predicted molar refractivity (Wildman–Crippen MR) is 73.6 cm³/mol. The van der Waals surface area contributed by atoms with Gasteiger partial charge in [-0.2, -0.15) is 4.39 Å². The Labute approximate surface area is 121 Å². The molecule has 0 N–H and O–H groups in total. The summed E-state index contributed by atoms with van der Waals surface area (Å²) >= 11 is 0. The van der Waals surface area contributed by atoms with Crippen molar-refractivity contribution < 1.29 is 18.8 Å². The van der Waals surface area contributed by atoms with Crippen molar-refractivity contribution in [2.24, 2.45) is 0 Å². The number of ether oxygens (including phenoxy) is 1. The second-order valence-electron chi connectivity index (χ2n) is 6.05. The van der Waals surface area contributed by atoms with E-state index in [1.807, 2.05) is 0 Å². The molecule has 6 nitrogen and oxygen atoms in total. The molecule has 1 aliphatic heterocycles. The van der Waals surface area contributed by atoms with Crippen LogP contribution in [0, 0.1) is 15.9 Å². The second kappa shape index (κ2) is 5.31. The highest BCUT2D eigenvalue weighted by Crippen LogP contribution is 2.30. The van der Waals surface area contributed by atoms with Crippen LogP contribution in [0.25, 0.3) is 0 Å². The monoisotopic (exact) mass is 296 g/mol. The van der Waals surface area contributed by atoms with E-state index in [1.165, 1.54) is 11.0 Å². The number of amides is 1. The average Bonchev–Trinajstić information content (AvgIpc) is 2.23. The van der Waals surface area contributed by atoms with E-state index in [4.69, 9.17) is 4.74 Å². The number of nitro groups is 1. The first kappa shape index (κ1) is 15.2. The molecule has 7 heteroatoms. The Morgan fingerprint density at radius 3 is 2.52 bits per heavy atom. The van der Waals surface area contributed by atoms with Gasteiger partial charge in [0.2, 0.25) is 5.82 Å². The van der Waals surface area contributed by atoms with Gasteiger partial charge in [0, 0.05) is 25.1 Å². The molecule has 114 valence electrons. The number of carbonyl (C=O) groups is 1. The summed E-state index contributed by atoms with van der Waals surface area (Å²) < 4.78 is 18.8. The molecule has 0 unspecified atom stereocenters. The van der Waals surface area contributed by atoms with E-state index >= 15 is 0 Å². The molecule has 1 amide bonds. The smallest absolute Gasteiger partial charge is 0.410 e. The van der Waals surface area contributed by atoms with Gasteiger partial charge in [0.15, 0.2) is 0 Å². The molecule has 0 aromatic heterocycles. The summed E-state index contributed by atoms with van der Waals surface area (Å²) in [5.74, 6) is -0.874. The maximum atomic E-state index is 13.6. The van der Waals surface area contributed by atoms with Crippen molar-refractivity contribution in [2.45, 2.75) is 32.3 Å². The van der Waals surface area contributed by atoms with Gasteiger partial charge in [0.1, 0.15) is 5.60 Å². The number of hydrogen-bond donors (Lipinski definition) is 0. The maximum Gasteiger partial charge on any atom is 0.410 e. The lowest BCUT2D eigenvalue weighted by Crippen LogP contribution is -2.50. The average molecular weight is 296 g/mol. The van der Waals surface area contributed by atoms with Crippen molar-refractivity contribution in [3.8, 4) is 0 Å². The summed E-state index contributed by atoms with van der Waals surface area (Å²) in [6.45, 7) is 6.20. The molecule has 1 saturated heterocycles. The molecule has 0 bridgehead atoms. The van der Waals surface area contributed by atoms with Gasteiger partial charge in [-0.05, 0) is 32.4 Å². The Bertz CT molecular complexity index is 577. The van der Waals surface area contributed by atoms with Crippen LogP contribution in [-0.2, 0) is 4.74 Å². The molecule has 1 aromatic carbocycles. The van der Waals surface area contributed by atoms with E-state index in [-0.39, 0.29) is 5.92 Å². The van der Waals surface area contributed by atoms with Crippen LogP contribution >= 0.6 is 0 Å². The predicted octanol–water partition coefficient (Wildman–Crippen LogP) is 3.07. The Hall–Kier alpha value is -2.18. The zero-order valence-electron chi connectivity index (χ0n) is 12.1. The van der Waals surface area contributed by atoms with Crippen LogP contribution < -0.4 is 0 Å². The first-order valence-electron chi connectivity index (χ1n) is 6.59. The second-order valence-corrected chi connectivity index (χ2v) is 6.05. The van der Waals surface area contributed by atoms with Gasteiger partial charge in [-0.25, -0.2) is 4.79 Å². The molecule has 0 saturated carbocycles. The van der Waals surface area contributed by atoms with Crippen LogP contribution in [0.15, 0.2) is 18.2 Å². The zero-order valence-corrected chi connectivity index (χ0v) is 12.1. The van der Waals surface area contributed by atoms with Crippen molar-refractivity contribution in [2.75, 3.05) is 13.1 Å². The van der Waals surface area contributed by atoms with E-state index in [1.54, 1.807) is 20.8 Å². The molecule has 1 heterocycles. The van der Waals surface area contributed by atoms with E-state index in [0.717, 1.165) is 12.1 Å². The number of benzene rings is 1. The number of rotatable bonds is 2. The van der Waals surface area contributed by atoms with E-state index in [2.05, 4.69) is 0 Å². The highest BCUT2D eigenvalue weighted by molar-refractivity contribution is 5.69. The summed E-state index contributed by atoms with van der Waals surface area (Å²) in [4.78, 5) is 23.1.